The molecule has 0 aliphatic rings. The first-order valence-electron chi connectivity index (χ1n) is 6.45. The minimum atomic E-state index is 0.00370. The number of hydrogen-bond donors (Lipinski definition) is 2. The zero-order valence-corrected chi connectivity index (χ0v) is 11.7. The van der Waals surface area contributed by atoms with E-state index in [1.54, 1.807) is 7.11 Å². The van der Waals surface area contributed by atoms with Crippen LogP contribution in [0.15, 0.2) is 30.3 Å². The number of para-hydroxylation sites is 1. The Kier molecular flexibility index (Phi) is 7.62. The van der Waals surface area contributed by atoms with Gasteiger partial charge in [0.2, 0.25) is 5.91 Å². The molecule has 0 fully saturated rings. The zero-order chi connectivity index (χ0) is 13.9. The summed E-state index contributed by atoms with van der Waals surface area (Å²) in [6.07, 6.45) is 0. The zero-order valence-electron chi connectivity index (χ0n) is 11.7. The number of ether oxygens (including phenoxy) is 1. The number of nitrogens with zero attached hydrogens (tertiary/aromatic N) is 1. The van der Waals surface area contributed by atoms with E-state index in [4.69, 9.17) is 4.74 Å². The molecule has 1 aromatic rings. The van der Waals surface area contributed by atoms with Gasteiger partial charge in [-0.2, -0.15) is 0 Å². The number of likely N-dealkylation sites (N-methyl/N-ethyl adjacent to an activating group) is 1. The monoisotopic (exact) mass is 265 g/mol. The fourth-order valence-corrected chi connectivity index (χ4v) is 1.55. The van der Waals surface area contributed by atoms with Gasteiger partial charge in [0, 0.05) is 32.4 Å². The summed E-state index contributed by atoms with van der Waals surface area (Å²) in [7, 11) is 3.69. The van der Waals surface area contributed by atoms with Crippen LogP contribution in [0.2, 0.25) is 0 Å². The van der Waals surface area contributed by atoms with E-state index < -0.39 is 0 Å². The van der Waals surface area contributed by atoms with Crippen molar-refractivity contribution in [2.24, 2.45) is 0 Å². The third kappa shape index (κ3) is 7.43. The highest BCUT2D eigenvalue weighted by Crippen LogP contribution is 2.03. The minimum absolute atomic E-state index is 0.00370. The van der Waals surface area contributed by atoms with Crippen molar-refractivity contribution in [2.45, 2.75) is 0 Å². The van der Waals surface area contributed by atoms with Gasteiger partial charge >= 0.3 is 0 Å². The van der Waals surface area contributed by atoms with Crippen LogP contribution in [0.3, 0.4) is 0 Å². The van der Waals surface area contributed by atoms with E-state index in [0.717, 1.165) is 18.8 Å². The Hall–Kier alpha value is -1.59. The van der Waals surface area contributed by atoms with E-state index in [0.29, 0.717) is 19.7 Å². The van der Waals surface area contributed by atoms with Gasteiger partial charge in [-0.25, -0.2) is 0 Å². The van der Waals surface area contributed by atoms with Gasteiger partial charge in [-0.15, -0.1) is 0 Å². The minimum Gasteiger partial charge on any atom is -0.383 e. The lowest BCUT2D eigenvalue weighted by Gasteiger charge is -2.16. The summed E-state index contributed by atoms with van der Waals surface area (Å²) < 4.78 is 4.99. The van der Waals surface area contributed by atoms with Gasteiger partial charge in [0.05, 0.1) is 13.2 Å². The maximum Gasteiger partial charge on any atom is 0.239 e. The highest BCUT2D eigenvalue weighted by Gasteiger charge is 2.02. The van der Waals surface area contributed by atoms with Gasteiger partial charge < -0.3 is 20.3 Å². The largest absolute Gasteiger partial charge is 0.383 e. The maximum absolute atomic E-state index is 11.6. The first-order chi connectivity index (χ1) is 9.22. The van der Waals surface area contributed by atoms with Crippen LogP contribution in [0.25, 0.3) is 0 Å². The number of anilines is 1. The van der Waals surface area contributed by atoms with Crippen LogP contribution in [0, 0.1) is 0 Å². The lowest BCUT2D eigenvalue weighted by Crippen LogP contribution is -2.36. The molecule has 0 radical (unpaired) electrons. The van der Waals surface area contributed by atoms with Crippen molar-refractivity contribution in [1.29, 1.82) is 0 Å². The van der Waals surface area contributed by atoms with E-state index in [1.807, 2.05) is 37.4 Å². The van der Waals surface area contributed by atoms with Gasteiger partial charge in [-0.3, -0.25) is 4.79 Å². The Balaban J connectivity index is 2.08. The summed E-state index contributed by atoms with van der Waals surface area (Å²) in [6.45, 7) is 3.34. The van der Waals surface area contributed by atoms with Gasteiger partial charge in [0.1, 0.15) is 0 Å². The van der Waals surface area contributed by atoms with E-state index in [1.165, 1.54) is 0 Å². The van der Waals surface area contributed by atoms with Crippen molar-refractivity contribution >= 4 is 11.6 Å². The van der Waals surface area contributed by atoms with Gasteiger partial charge in [0.25, 0.3) is 0 Å². The molecule has 0 aliphatic carbocycles. The van der Waals surface area contributed by atoms with Crippen molar-refractivity contribution in [2.75, 3.05) is 52.3 Å². The summed E-state index contributed by atoms with van der Waals surface area (Å²) in [4.78, 5) is 13.7. The highest BCUT2D eigenvalue weighted by atomic mass is 16.5. The van der Waals surface area contributed by atoms with Crippen molar-refractivity contribution in [3.8, 4) is 0 Å². The maximum atomic E-state index is 11.6. The van der Waals surface area contributed by atoms with Crippen molar-refractivity contribution in [1.82, 2.24) is 10.2 Å². The number of benzene rings is 1. The molecule has 0 aromatic heterocycles. The van der Waals surface area contributed by atoms with Crippen LogP contribution in [-0.2, 0) is 9.53 Å². The fourth-order valence-electron chi connectivity index (χ4n) is 1.55. The first-order valence-corrected chi connectivity index (χ1v) is 6.45. The second-order valence-electron chi connectivity index (χ2n) is 4.37. The smallest absolute Gasteiger partial charge is 0.239 e. The number of amides is 1. The molecule has 19 heavy (non-hydrogen) atoms. The molecular weight excluding hydrogens is 242 g/mol. The lowest BCUT2D eigenvalue weighted by molar-refractivity contribution is -0.119. The molecule has 5 heteroatoms. The lowest BCUT2D eigenvalue weighted by atomic mass is 10.3. The summed E-state index contributed by atoms with van der Waals surface area (Å²) in [5.74, 6) is 0.00370. The summed E-state index contributed by atoms with van der Waals surface area (Å²) in [5, 5.41) is 5.95. The Labute approximate surface area is 114 Å². The SMILES string of the molecule is COCCN(C)CCNC(=O)CNc1ccccc1. The van der Waals surface area contributed by atoms with E-state index in [2.05, 4.69) is 15.5 Å². The van der Waals surface area contributed by atoms with Crippen LogP contribution in [0.1, 0.15) is 0 Å². The van der Waals surface area contributed by atoms with E-state index >= 15 is 0 Å². The number of hydrogen-bond acceptors (Lipinski definition) is 4. The fraction of sp³-hybridized carbons (Fsp3) is 0.500. The molecule has 0 unspecified atom stereocenters. The molecular formula is C14H23N3O2. The average Bonchev–Trinajstić information content (AvgIpc) is 2.44. The second kappa shape index (κ2) is 9.35. The van der Waals surface area contributed by atoms with Crippen molar-refractivity contribution in [3.05, 3.63) is 30.3 Å². The second-order valence-corrected chi connectivity index (χ2v) is 4.37. The molecule has 1 aromatic carbocycles. The molecule has 0 spiro atoms. The molecule has 0 aliphatic heterocycles. The molecule has 106 valence electrons. The molecule has 0 saturated heterocycles. The third-order valence-electron chi connectivity index (χ3n) is 2.72. The molecule has 1 amide bonds. The summed E-state index contributed by atoms with van der Waals surface area (Å²) in [5.41, 5.74) is 0.954. The van der Waals surface area contributed by atoms with Crippen LogP contribution in [0.5, 0.6) is 0 Å². The Bertz CT molecular complexity index is 357. The summed E-state index contributed by atoms with van der Waals surface area (Å²) in [6, 6.07) is 9.69. The number of nitrogens with one attached hydrogen (secondary N) is 2. The molecule has 0 atom stereocenters. The molecule has 1 rings (SSSR count). The third-order valence-corrected chi connectivity index (χ3v) is 2.72. The quantitative estimate of drug-likeness (QED) is 0.693. The first kappa shape index (κ1) is 15.5. The topological polar surface area (TPSA) is 53.6 Å². The van der Waals surface area contributed by atoms with Crippen LogP contribution in [-0.4, -0.2) is 57.8 Å². The van der Waals surface area contributed by atoms with Crippen LogP contribution in [0.4, 0.5) is 5.69 Å². The molecule has 0 bridgehead atoms. The normalized spacial score (nSPS) is 10.5. The number of methoxy groups -OCH3 is 1. The summed E-state index contributed by atoms with van der Waals surface area (Å²) >= 11 is 0. The average molecular weight is 265 g/mol. The van der Waals surface area contributed by atoms with E-state index in [9.17, 15) is 4.79 Å². The van der Waals surface area contributed by atoms with Gasteiger partial charge in [0.15, 0.2) is 0 Å². The predicted molar refractivity (Wildman–Crippen MR) is 77.3 cm³/mol. The molecule has 5 nitrogen and oxygen atoms in total. The molecule has 0 heterocycles. The predicted octanol–water partition coefficient (Wildman–Crippen LogP) is 0.793. The Morgan fingerprint density at radius 3 is 2.68 bits per heavy atom. The molecule has 2 N–H and O–H groups in total. The van der Waals surface area contributed by atoms with Crippen LogP contribution >= 0.6 is 0 Å². The Morgan fingerprint density at radius 2 is 2.00 bits per heavy atom. The van der Waals surface area contributed by atoms with Crippen molar-refractivity contribution < 1.29 is 9.53 Å². The highest BCUT2D eigenvalue weighted by molar-refractivity contribution is 5.80. The van der Waals surface area contributed by atoms with E-state index in [-0.39, 0.29) is 5.91 Å². The standard InChI is InChI=1S/C14H23N3O2/c1-17(10-11-19-2)9-8-15-14(18)12-16-13-6-4-3-5-7-13/h3-7,16H,8-12H2,1-2H3,(H,15,18). The number of carbonyl (C=O) groups is 1. The van der Waals surface area contributed by atoms with Crippen molar-refractivity contribution in [3.63, 3.8) is 0 Å². The van der Waals surface area contributed by atoms with Gasteiger partial charge in [-0.1, -0.05) is 18.2 Å². The Morgan fingerprint density at radius 1 is 1.26 bits per heavy atom. The van der Waals surface area contributed by atoms with Crippen LogP contribution < -0.4 is 10.6 Å². The number of carbonyl (C=O) groups excluding carboxylic acids is 1. The number of rotatable bonds is 9. The molecule has 0 saturated carbocycles. The van der Waals surface area contributed by atoms with Gasteiger partial charge in [-0.05, 0) is 19.2 Å².